The number of methoxy groups -OCH3 is 1. The molecule has 0 radical (unpaired) electrons. The van der Waals surface area contributed by atoms with Crippen molar-refractivity contribution in [1.82, 2.24) is 5.32 Å². The predicted octanol–water partition coefficient (Wildman–Crippen LogP) is 2.43. The van der Waals surface area contributed by atoms with Crippen LogP contribution in [0.25, 0.3) is 0 Å². The molecule has 2 rings (SSSR count). The lowest BCUT2D eigenvalue weighted by Gasteiger charge is -2.31. The van der Waals surface area contributed by atoms with E-state index >= 15 is 0 Å². The molecule has 1 fully saturated rings. The van der Waals surface area contributed by atoms with Crippen molar-refractivity contribution in [2.75, 3.05) is 13.7 Å². The van der Waals surface area contributed by atoms with Gasteiger partial charge in [0.2, 0.25) is 0 Å². The minimum atomic E-state index is -0.0350. The zero-order chi connectivity index (χ0) is 13.0. The lowest BCUT2D eigenvalue weighted by molar-refractivity contribution is 0.0909. The van der Waals surface area contributed by atoms with Crippen LogP contribution in [0.2, 0.25) is 0 Å². The highest BCUT2D eigenvalue weighted by Gasteiger charge is 2.26. The van der Waals surface area contributed by atoms with Crippen molar-refractivity contribution in [1.29, 1.82) is 0 Å². The van der Waals surface area contributed by atoms with E-state index in [1.54, 1.807) is 7.11 Å². The molecule has 0 aliphatic heterocycles. The summed E-state index contributed by atoms with van der Waals surface area (Å²) in [6.45, 7) is 0.645. The average Bonchev–Trinajstić information content (AvgIpc) is 2.87. The summed E-state index contributed by atoms with van der Waals surface area (Å²) in [5, 5.41) is 4.98. The van der Waals surface area contributed by atoms with Crippen LogP contribution in [0.1, 0.15) is 35.4 Å². The fraction of sp³-hybridized carbons (Fsp3) is 0.615. The molecular formula is C13H21ClN2O2S. The number of amides is 1. The smallest absolute Gasteiger partial charge is 0.265 e. The fourth-order valence-corrected chi connectivity index (χ4v) is 3.30. The van der Waals surface area contributed by atoms with Crippen LogP contribution in [0, 0.1) is 5.92 Å². The third-order valence-corrected chi connectivity index (χ3v) is 4.48. The molecule has 0 aromatic carbocycles. The first-order chi connectivity index (χ1) is 8.76. The van der Waals surface area contributed by atoms with Gasteiger partial charge >= 0.3 is 0 Å². The van der Waals surface area contributed by atoms with Gasteiger partial charge in [0.1, 0.15) is 10.6 Å². The third kappa shape index (κ3) is 3.84. The van der Waals surface area contributed by atoms with Crippen LogP contribution >= 0.6 is 23.7 Å². The summed E-state index contributed by atoms with van der Waals surface area (Å²) in [5.41, 5.74) is 5.77. The first-order valence-corrected chi connectivity index (χ1v) is 7.26. The van der Waals surface area contributed by atoms with Gasteiger partial charge in [0.25, 0.3) is 5.91 Å². The maximum Gasteiger partial charge on any atom is 0.265 e. The molecule has 1 heterocycles. The van der Waals surface area contributed by atoms with Gasteiger partial charge in [0.15, 0.2) is 0 Å². The summed E-state index contributed by atoms with van der Waals surface area (Å²) in [5.74, 6) is 1.03. The van der Waals surface area contributed by atoms with Gasteiger partial charge < -0.3 is 15.8 Å². The first-order valence-electron chi connectivity index (χ1n) is 6.38. The van der Waals surface area contributed by atoms with Gasteiger partial charge in [-0.05, 0) is 36.8 Å². The number of halogens is 1. The number of carbonyl (C=O) groups excluding carboxylic acids is 1. The largest absolute Gasteiger partial charge is 0.495 e. The molecule has 1 aliphatic rings. The van der Waals surface area contributed by atoms with E-state index in [2.05, 4.69) is 5.32 Å². The molecule has 3 N–H and O–H groups in total. The zero-order valence-electron chi connectivity index (χ0n) is 11.1. The van der Waals surface area contributed by atoms with Crippen LogP contribution in [-0.2, 0) is 0 Å². The quantitative estimate of drug-likeness (QED) is 0.898. The van der Waals surface area contributed by atoms with Crippen molar-refractivity contribution in [3.8, 4) is 5.75 Å². The Morgan fingerprint density at radius 1 is 1.53 bits per heavy atom. The molecule has 1 amide bonds. The second-order valence-electron chi connectivity index (χ2n) is 4.68. The lowest BCUT2D eigenvalue weighted by Crippen LogP contribution is -2.44. The highest BCUT2D eigenvalue weighted by atomic mass is 35.5. The topological polar surface area (TPSA) is 64.3 Å². The number of carbonyl (C=O) groups is 1. The summed E-state index contributed by atoms with van der Waals surface area (Å²) in [6, 6.07) is 2.03. The average molecular weight is 305 g/mol. The predicted molar refractivity (Wildman–Crippen MR) is 80.4 cm³/mol. The Morgan fingerprint density at radius 2 is 2.26 bits per heavy atom. The number of hydrogen-bond donors (Lipinski definition) is 2. The minimum absolute atomic E-state index is 0. The Hall–Kier alpha value is -0.780. The number of thiophene rings is 1. The Kier molecular flexibility index (Phi) is 6.62. The van der Waals surface area contributed by atoms with Crippen LogP contribution < -0.4 is 15.8 Å². The van der Waals surface area contributed by atoms with E-state index < -0.39 is 0 Å². The molecule has 0 bridgehead atoms. The molecule has 1 aliphatic carbocycles. The van der Waals surface area contributed by atoms with Gasteiger partial charge in [-0.1, -0.05) is 12.8 Å². The number of rotatable bonds is 4. The molecule has 4 nitrogen and oxygen atoms in total. The van der Waals surface area contributed by atoms with E-state index in [0.717, 1.165) is 12.8 Å². The number of ether oxygens (including phenoxy) is 1. The highest BCUT2D eigenvalue weighted by molar-refractivity contribution is 7.12. The van der Waals surface area contributed by atoms with Crippen molar-refractivity contribution >= 4 is 29.7 Å². The Morgan fingerprint density at radius 3 is 2.95 bits per heavy atom. The van der Waals surface area contributed by atoms with Crippen LogP contribution in [-0.4, -0.2) is 25.6 Å². The summed E-state index contributed by atoms with van der Waals surface area (Å²) >= 11 is 1.41. The Labute approximate surface area is 124 Å². The number of nitrogens with two attached hydrogens (primary N) is 1. The van der Waals surface area contributed by atoms with Crippen LogP contribution in [0.4, 0.5) is 0 Å². The van der Waals surface area contributed by atoms with Crippen molar-refractivity contribution in [3.63, 3.8) is 0 Å². The molecule has 1 aromatic rings. The first kappa shape index (κ1) is 16.3. The van der Waals surface area contributed by atoms with Gasteiger partial charge in [-0.2, -0.15) is 0 Å². The van der Waals surface area contributed by atoms with Crippen LogP contribution in [0.5, 0.6) is 5.75 Å². The summed E-state index contributed by atoms with van der Waals surface area (Å²) < 4.78 is 5.17. The molecule has 6 heteroatoms. The highest BCUT2D eigenvalue weighted by Crippen LogP contribution is 2.27. The lowest BCUT2D eigenvalue weighted by atomic mass is 9.84. The van der Waals surface area contributed by atoms with Gasteiger partial charge in [0, 0.05) is 6.04 Å². The minimum Gasteiger partial charge on any atom is -0.495 e. The van der Waals surface area contributed by atoms with Gasteiger partial charge in [0.05, 0.1) is 7.11 Å². The normalized spacial score (nSPS) is 22.4. The summed E-state index contributed by atoms with van der Waals surface area (Å²) in [4.78, 5) is 12.8. The van der Waals surface area contributed by atoms with E-state index in [1.807, 2.05) is 11.4 Å². The zero-order valence-corrected chi connectivity index (χ0v) is 12.7. The summed E-state index contributed by atoms with van der Waals surface area (Å²) in [7, 11) is 1.59. The maximum absolute atomic E-state index is 12.2. The number of nitrogens with one attached hydrogen (secondary N) is 1. The summed E-state index contributed by atoms with van der Waals surface area (Å²) in [6.07, 6.45) is 4.53. The van der Waals surface area contributed by atoms with E-state index in [1.165, 1.54) is 24.2 Å². The van der Waals surface area contributed by atoms with Crippen molar-refractivity contribution in [2.45, 2.75) is 31.7 Å². The maximum atomic E-state index is 12.2. The van der Waals surface area contributed by atoms with E-state index in [9.17, 15) is 4.79 Å². The Bertz CT molecular complexity index is 411. The molecule has 2 atom stereocenters. The Balaban J connectivity index is 0.00000180. The van der Waals surface area contributed by atoms with Crippen molar-refractivity contribution in [3.05, 3.63) is 16.3 Å². The molecule has 19 heavy (non-hydrogen) atoms. The van der Waals surface area contributed by atoms with Crippen LogP contribution in [0.3, 0.4) is 0 Å². The monoisotopic (exact) mass is 304 g/mol. The van der Waals surface area contributed by atoms with Gasteiger partial charge in [-0.25, -0.2) is 0 Å². The molecule has 2 unspecified atom stereocenters. The van der Waals surface area contributed by atoms with E-state index in [-0.39, 0.29) is 24.4 Å². The SMILES string of the molecule is COc1ccsc1C(=O)NC1CCCCC1CN.Cl. The second-order valence-corrected chi connectivity index (χ2v) is 5.59. The third-order valence-electron chi connectivity index (χ3n) is 3.58. The van der Waals surface area contributed by atoms with Gasteiger partial charge in [-0.15, -0.1) is 23.7 Å². The van der Waals surface area contributed by atoms with Crippen molar-refractivity contribution < 1.29 is 9.53 Å². The standard InChI is InChI=1S/C13H20N2O2S.ClH/c1-17-11-6-7-18-12(11)13(16)15-10-5-3-2-4-9(10)8-14;/h6-7,9-10H,2-5,8,14H2,1H3,(H,15,16);1H. The molecule has 0 spiro atoms. The van der Waals surface area contributed by atoms with Gasteiger partial charge in [-0.3, -0.25) is 4.79 Å². The van der Waals surface area contributed by atoms with Crippen LogP contribution in [0.15, 0.2) is 11.4 Å². The molecule has 1 saturated carbocycles. The second kappa shape index (κ2) is 7.72. The molecule has 1 aromatic heterocycles. The number of hydrogen-bond acceptors (Lipinski definition) is 4. The molecule has 0 saturated heterocycles. The molecule has 108 valence electrons. The van der Waals surface area contributed by atoms with E-state index in [0.29, 0.717) is 23.1 Å². The molecular weight excluding hydrogens is 284 g/mol. The fourth-order valence-electron chi connectivity index (χ4n) is 2.54. The van der Waals surface area contributed by atoms with Crippen molar-refractivity contribution in [2.24, 2.45) is 11.7 Å². The van der Waals surface area contributed by atoms with E-state index in [4.69, 9.17) is 10.5 Å².